The zero-order valence-electron chi connectivity index (χ0n) is 13.2. The number of carbonyl (C=O) groups is 1. The van der Waals surface area contributed by atoms with Crippen molar-refractivity contribution in [1.29, 1.82) is 0 Å². The highest BCUT2D eigenvalue weighted by molar-refractivity contribution is 5.83. The van der Waals surface area contributed by atoms with E-state index in [4.69, 9.17) is 14.6 Å². The highest BCUT2D eigenvalue weighted by atomic mass is 16.5. The maximum atomic E-state index is 11.1. The Balaban J connectivity index is 2.14. The predicted octanol–water partition coefficient (Wildman–Crippen LogP) is 2.27. The molecule has 0 aromatic heterocycles. The quantitative estimate of drug-likeness (QED) is 0.847. The van der Waals surface area contributed by atoms with Gasteiger partial charge in [0.05, 0.1) is 19.7 Å². The van der Waals surface area contributed by atoms with Crippen molar-refractivity contribution in [1.82, 2.24) is 4.90 Å². The molecular formula is C16H22N2O4. The number of likely N-dealkylation sites (tertiary alicyclic amines) is 1. The molecule has 0 radical (unpaired) electrons. The fourth-order valence-electron chi connectivity index (χ4n) is 2.75. The number of amides is 1. The molecule has 2 rings (SSSR count). The van der Waals surface area contributed by atoms with Crippen molar-refractivity contribution in [3.8, 4) is 5.75 Å². The number of nitrogens with zero attached hydrogens (tertiary/aromatic N) is 2. The summed E-state index contributed by atoms with van der Waals surface area (Å²) in [5.41, 5.74) is 0.313. The van der Waals surface area contributed by atoms with Crippen LogP contribution in [-0.2, 0) is 4.74 Å². The summed E-state index contributed by atoms with van der Waals surface area (Å²) in [5.74, 6) is 0.753. The molecule has 0 bridgehead atoms. The Hall–Kier alpha value is -2.08. The fourth-order valence-corrected chi connectivity index (χ4v) is 2.75. The Morgan fingerprint density at radius 3 is 2.77 bits per heavy atom. The number of ether oxygens (including phenoxy) is 2. The van der Waals surface area contributed by atoms with Gasteiger partial charge in [-0.05, 0) is 25.5 Å². The van der Waals surface area contributed by atoms with Gasteiger partial charge in [-0.25, -0.2) is 4.79 Å². The van der Waals surface area contributed by atoms with Crippen LogP contribution in [0.25, 0.3) is 0 Å². The molecule has 1 N–H and O–H groups in total. The molecule has 1 heterocycles. The Morgan fingerprint density at radius 1 is 1.45 bits per heavy atom. The first-order valence-corrected chi connectivity index (χ1v) is 7.21. The molecule has 6 nitrogen and oxygen atoms in total. The first-order valence-electron chi connectivity index (χ1n) is 7.21. The molecule has 1 saturated heterocycles. The molecule has 1 aliphatic rings. The minimum absolute atomic E-state index is 0.160. The molecule has 6 heteroatoms. The molecule has 2 atom stereocenters. The second-order valence-corrected chi connectivity index (χ2v) is 5.42. The zero-order valence-corrected chi connectivity index (χ0v) is 13.2. The van der Waals surface area contributed by atoms with E-state index in [2.05, 4.69) is 4.99 Å². The van der Waals surface area contributed by atoms with E-state index in [-0.39, 0.29) is 6.04 Å². The minimum atomic E-state index is -0.917. The van der Waals surface area contributed by atoms with Crippen molar-refractivity contribution in [3.05, 3.63) is 29.8 Å². The highest BCUT2D eigenvalue weighted by Gasteiger charge is 2.44. The number of hydrogen-bond acceptors (Lipinski definition) is 4. The van der Waals surface area contributed by atoms with E-state index in [0.29, 0.717) is 19.5 Å². The summed E-state index contributed by atoms with van der Waals surface area (Å²) < 4.78 is 10.9. The van der Waals surface area contributed by atoms with Crippen LogP contribution in [0.15, 0.2) is 29.3 Å². The van der Waals surface area contributed by atoms with Crippen LogP contribution in [0.4, 0.5) is 4.79 Å². The molecular weight excluding hydrogens is 284 g/mol. The Labute approximate surface area is 130 Å². The summed E-state index contributed by atoms with van der Waals surface area (Å²) in [6.07, 6.45) is 1.48. The number of aliphatic imine (C=N–C) groups is 1. The first-order chi connectivity index (χ1) is 10.5. The van der Waals surface area contributed by atoms with Crippen molar-refractivity contribution < 1.29 is 19.4 Å². The third kappa shape index (κ3) is 3.22. The van der Waals surface area contributed by atoms with Crippen molar-refractivity contribution in [2.75, 3.05) is 27.3 Å². The third-order valence-corrected chi connectivity index (χ3v) is 4.28. The number of rotatable bonds is 5. The normalized spacial score (nSPS) is 23.0. The topological polar surface area (TPSA) is 71.4 Å². The van der Waals surface area contributed by atoms with Gasteiger partial charge in [-0.2, -0.15) is 0 Å². The van der Waals surface area contributed by atoms with Crippen molar-refractivity contribution in [2.45, 2.75) is 25.0 Å². The minimum Gasteiger partial charge on any atom is -0.496 e. The second kappa shape index (κ2) is 6.79. The summed E-state index contributed by atoms with van der Waals surface area (Å²) in [6, 6.07) is 7.46. The average molecular weight is 306 g/mol. The summed E-state index contributed by atoms with van der Waals surface area (Å²) in [5, 5.41) is 9.11. The zero-order chi connectivity index (χ0) is 16.2. The first kappa shape index (κ1) is 16.3. The van der Waals surface area contributed by atoms with Crippen LogP contribution in [0, 0.1) is 0 Å². The molecule has 1 fully saturated rings. The van der Waals surface area contributed by atoms with Crippen LogP contribution in [0.2, 0.25) is 0 Å². The van der Waals surface area contributed by atoms with Crippen LogP contribution in [-0.4, -0.2) is 61.3 Å². The molecule has 2 unspecified atom stereocenters. The third-order valence-electron chi connectivity index (χ3n) is 4.28. The van der Waals surface area contributed by atoms with E-state index in [1.807, 2.05) is 31.2 Å². The SMILES string of the molecule is COc1ccccc1C=NC(C)C1(OC)CCN(C(=O)O)C1. The standard InChI is InChI=1S/C16H22N2O4/c1-12(16(22-3)8-9-18(11-16)15(19)20)17-10-13-6-4-5-7-14(13)21-2/h4-7,10,12H,8-9,11H2,1-3H3,(H,19,20). The molecule has 1 aliphatic heterocycles. The summed E-state index contributed by atoms with van der Waals surface area (Å²) in [7, 11) is 3.23. The lowest BCUT2D eigenvalue weighted by molar-refractivity contribution is -0.0161. The van der Waals surface area contributed by atoms with Crippen LogP contribution in [0.5, 0.6) is 5.75 Å². The lowest BCUT2D eigenvalue weighted by Crippen LogP contribution is -2.45. The second-order valence-electron chi connectivity index (χ2n) is 5.42. The van der Waals surface area contributed by atoms with Gasteiger partial charge in [0.25, 0.3) is 0 Å². The van der Waals surface area contributed by atoms with Gasteiger partial charge in [0.2, 0.25) is 0 Å². The van der Waals surface area contributed by atoms with E-state index in [9.17, 15) is 4.79 Å². The molecule has 22 heavy (non-hydrogen) atoms. The predicted molar refractivity (Wildman–Crippen MR) is 84.0 cm³/mol. The molecule has 1 aromatic carbocycles. The summed E-state index contributed by atoms with van der Waals surface area (Å²) in [4.78, 5) is 17.1. The number of benzene rings is 1. The van der Waals surface area contributed by atoms with Gasteiger partial charge < -0.3 is 19.5 Å². The Kier molecular flexibility index (Phi) is 5.03. The van der Waals surface area contributed by atoms with Crippen LogP contribution in [0.3, 0.4) is 0 Å². The van der Waals surface area contributed by atoms with Crippen molar-refractivity contribution in [3.63, 3.8) is 0 Å². The van der Waals surface area contributed by atoms with Crippen molar-refractivity contribution in [2.24, 2.45) is 4.99 Å². The van der Waals surface area contributed by atoms with Gasteiger partial charge >= 0.3 is 6.09 Å². The largest absolute Gasteiger partial charge is 0.496 e. The van der Waals surface area contributed by atoms with E-state index in [1.54, 1.807) is 20.4 Å². The lowest BCUT2D eigenvalue weighted by Gasteiger charge is -2.31. The number of carboxylic acid groups (broad SMARTS) is 1. The Morgan fingerprint density at radius 2 is 2.18 bits per heavy atom. The van der Waals surface area contributed by atoms with Gasteiger partial charge in [-0.3, -0.25) is 4.99 Å². The van der Waals surface area contributed by atoms with Gasteiger partial charge in [0.15, 0.2) is 0 Å². The summed E-state index contributed by atoms with van der Waals surface area (Å²) >= 11 is 0. The molecule has 0 saturated carbocycles. The van der Waals surface area contributed by atoms with E-state index in [0.717, 1.165) is 11.3 Å². The highest BCUT2D eigenvalue weighted by Crippen LogP contribution is 2.30. The maximum absolute atomic E-state index is 11.1. The van der Waals surface area contributed by atoms with E-state index in [1.165, 1.54) is 4.90 Å². The average Bonchev–Trinajstić information content (AvgIpc) is 2.99. The van der Waals surface area contributed by atoms with Gasteiger partial charge in [-0.15, -0.1) is 0 Å². The maximum Gasteiger partial charge on any atom is 0.407 e. The van der Waals surface area contributed by atoms with E-state index < -0.39 is 11.7 Å². The van der Waals surface area contributed by atoms with Crippen molar-refractivity contribution >= 4 is 12.3 Å². The number of methoxy groups -OCH3 is 2. The van der Waals surface area contributed by atoms with Crippen LogP contribution < -0.4 is 4.74 Å². The number of para-hydroxylation sites is 1. The molecule has 1 amide bonds. The van der Waals surface area contributed by atoms with Crippen LogP contribution >= 0.6 is 0 Å². The van der Waals surface area contributed by atoms with Gasteiger partial charge in [0, 0.05) is 25.4 Å². The Bertz CT molecular complexity index is 561. The van der Waals surface area contributed by atoms with Gasteiger partial charge in [0.1, 0.15) is 11.4 Å². The van der Waals surface area contributed by atoms with Gasteiger partial charge in [-0.1, -0.05) is 12.1 Å². The molecule has 0 spiro atoms. The molecule has 0 aliphatic carbocycles. The monoisotopic (exact) mass is 306 g/mol. The van der Waals surface area contributed by atoms with Crippen LogP contribution in [0.1, 0.15) is 18.9 Å². The van der Waals surface area contributed by atoms with E-state index >= 15 is 0 Å². The molecule has 120 valence electrons. The fraction of sp³-hybridized carbons (Fsp3) is 0.500. The number of hydrogen-bond donors (Lipinski definition) is 1. The summed E-state index contributed by atoms with van der Waals surface area (Å²) in [6.45, 7) is 2.75. The molecule has 1 aromatic rings. The smallest absolute Gasteiger partial charge is 0.407 e. The lowest BCUT2D eigenvalue weighted by atomic mass is 9.94.